The van der Waals surface area contributed by atoms with Gasteiger partial charge in [0, 0.05) is 0 Å². The van der Waals surface area contributed by atoms with Crippen LogP contribution in [0.5, 0.6) is 11.5 Å². The molecular weight excluding hydrogens is 323 g/mol. The molecule has 0 unspecified atom stereocenters. The number of carbonyl (C=O) groups excluding carboxylic acids is 2. The van der Waals surface area contributed by atoms with Crippen LogP contribution in [0.4, 0.5) is 4.39 Å². The average molecular weight is 337 g/mol. The van der Waals surface area contributed by atoms with Crippen LogP contribution in [0, 0.1) is 12.7 Å². The lowest BCUT2D eigenvalue weighted by molar-refractivity contribution is -0.137. The minimum Gasteiger partial charge on any atom is -0.460 e. The molecule has 2 aromatic carbocycles. The van der Waals surface area contributed by atoms with Gasteiger partial charge in [-0.05, 0) is 43.7 Å². The van der Waals surface area contributed by atoms with Crippen molar-refractivity contribution < 1.29 is 23.5 Å². The molecule has 0 aromatic heterocycles. The summed E-state index contributed by atoms with van der Waals surface area (Å²) in [5.74, 6) is -2.57. The van der Waals surface area contributed by atoms with E-state index >= 15 is 0 Å². The minimum absolute atomic E-state index is 0.00980. The topological polar surface area (TPSA) is 52.6 Å². The number of rotatable bonds is 5. The highest BCUT2D eigenvalue weighted by Crippen LogP contribution is 2.32. The number of hydrogen-bond acceptors (Lipinski definition) is 4. The molecule has 0 saturated carbocycles. The van der Waals surface area contributed by atoms with Crippen molar-refractivity contribution in [1.82, 2.24) is 0 Å². The Bertz CT molecular complexity index is 758. The second-order valence-electron chi connectivity index (χ2n) is 4.73. The van der Waals surface area contributed by atoms with Crippen LogP contribution in [0.2, 0.25) is 5.02 Å². The van der Waals surface area contributed by atoms with Crippen molar-refractivity contribution in [3.05, 3.63) is 58.4 Å². The zero-order valence-corrected chi connectivity index (χ0v) is 13.3. The largest absolute Gasteiger partial charge is 0.460 e. The van der Waals surface area contributed by atoms with Gasteiger partial charge in [-0.15, -0.1) is 0 Å². The first kappa shape index (κ1) is 17.0. The van der Waals surface area contributed by atoms with E-state index in [2.05, 4.69) is 4.74 Å². The maximum Gasteiger partial charge on any atom is 0.379 e. The Morgan fingerprint density at radius 1 is 1.22 bits per heavy atom. The van der Waals surface area contributed by atoms with Crippen molar-refractivity contribution in [2.45, 2.75) is 13.8 Å². The van der Waals surface area contributed by atoms with Gasteiger partial charge >= 0.3 is 5.97 Å². The molecule has 4 nitrogen and oxygen atoms in total. The summed E-state index contributed by atoms with van der Waals surface area (Å²) in [5.41, 5.74) is 0.513. The molecule has 0 heterocycles. The van der Waals surface area contributed by atoms with Crippen molar-refractivity contribution >= 4 is 23.4 Å². The predicted molar refractivity (Wildman–Crippen MR) is 83.6 cm³/mol. The van der Waals surface area contributed by atoms with Gasteiger partial charge in [-0.25, -0.2) is 9.18 Å². The Morgan fingerprint density at radius 3 is 2.61 bits per heavy atom. The molecule has 0 amide bonds. The average Bonchev–Trinajstić information content (AvgIpc) is 2.49. The minimum atomic E-state index is -1.13. The SMILES string of the molecule is CCOC(=O)C(=O)c1cc(Oc2cccc(C)c2)c(Cl)cc1F. The summed E-state index contributed by atoms with van der Waals surface area (Å²) in [7, 11) is 0. The van der Waals surface area contributed by atoms with Crippen molar-refractivity contribution in [2.75, 3.05) is 6.61 Å². The molecule has 0 spiro atoms. The predicted octanol–water partition coefficient (Wildman–Crippen LogP) is 4.33. The van der Waals surface area contributed by atoms with Gasteiger partial charge in [-0.2, -0.15) is 0 Å². The first-order valence-corrected chi connectivity index (χ1v) is 7.25. The van der Waals surface area contributed by atoms with E-state index in [0.29, 0.717) is 5.75 Å². The van der Waals surface area contributed by atoms with E-state index in [1.807, 2.05) is 13.0 Å². The normalized spacial score (nSPS) is 10.3. The molecule has 0 N–H and O–H groups in total. The van der Waals surface area contributed by atoms with Crippen LogP contribution in [0.25, 0.3) is 0 Å². The Balaban J connectivity index is 2.36. The molecule has 0 radical (unpaired) electrons. The number of aryl methyl sites for hydroxylation is 1. The molecular formula is C17H14ClFO4. The smallest absolute Gasteiger partial charge is 0.379 e. The Labute approximate surface area is 137 Å². The van der Waals surface area contributed by atoms with E-state index in [4.69, 9.17) is 16.3 Å². The quantitative estimate of drug-likeness (QED) is 0.463. The van der Waals surface area contributed by atoms with Crippen LogP contribution < -0.4 is 4.74 Å². The number of halogens is 2. The van der Waals surface area contributed by atoms with E-state index in [9.17, 15) is 14.0 Å². The van der Waals surface area contributed by atoms with E-state index in [-0.39, 0.29) is 17.4 Å². The summed E-state index contributed by atoms with van der Waals surface area (Å²) in [6.07, 6.45) is 0. The molecule has 0 aliphatic heterocycles. The summed E-state index contributed by atoms with van der Waals surface area (Å²) >= 11 is 5.94. The van der Waals surface area contributed by atoms with E-state index < -0.39 is 23.1 Å². The number of hydrogen-bond donors (Lipinski definition) is 0. The highest BCUT2D eigenvalue weighted by Gasteiger charge is 2.23. The lowest BCUT2D eigenvalue weighted by Gasteiger charge is -2.10. The molecule has 0 bridgehead atoms. The fraction of sp³-hybridized carbons (Fsp3) is 0.176. The third-order valence-corrected chi connectivity index (χ3v) is 3.24. The highest BCUT2D eigenvalue weighted by molar-refractivity contribution is 6.41. The fourth-order valence-electron chi connectivity index (χ4n) is 1.89. The number of esters is 1. The van der Waals surface area contributed by atoms with Gasteiger partial charge in [0.25, 0.3) is 5.78 Å². The molecule has 2 aromatic rings. The summed E-state index contributed by atoms with van der Waals surface area (Å²) in [5, 5.41) is -0.00980. The monoisotopic (exact) mass is 336 g/mol. The Hall–Kier alpha value is -2.40. The number of ketones is 1. The summed E-state index contributed by atoms with van der Waals surface area (Å²) in [4.78, 5) is 23.4. The molecule has 23 heavy (non-hydrogen) atoms. The number of carbonyl (C=O) groups is 2. The Morgan fingerprint density at radius 2 is 1.96 bits per heavy atom. The van der Waals surface area contributed by atoms with Crippen molar-refractivity contribution in [1.29, 1.82) is 0 Å². The van der Waals surface area contributed by atoms with Crippen molar-refractivity contribution in [3.8, 4) is 11.5 Å². The maximum absolute atomic E-state index is 13.9. The molecule has 0 aliphatic carbocycles. The summed E-state index contributed by atoms with van der Waals surface area (Å²) in [6.45, 7) is 3.46. The lowest BCUT2D eigenvalue weighted by atomic mass is 10.1. The van der Waals surface area contributed by atoms with E-state index in [1.165, 1.54) is 0 Å². The van der Waals surface area contributed by atoms with Gasteiger partial charge in [0.2, 0.25) is 0 Å². The van der Waals surface area contributed by atoms with Crippen LogP contribution in [0.3, 0.4) is 0 Å². The van der Waals surface area contributed by atoms with Gasteiger partial charge < -0.3 is 9.47 Å². The second-order valence-corrected chi connectivity index (χ2v) is 5.14. The van der Waals surface area contributed by atoms with Crippen molar-refractivity contribution in [3.63, 3.8) is 0 Å². The van der Waals surface area contributed by atoms with Crippen molar-refractivity contribution in [2.24, 2.45) is 0 Å². The molecule has 0 aliphatic rings. The third kappa shape index (κ3) is 4.07. The lowest BCUT2D eigenvalue weighted by Crippen LogP contribution is -2.18. The zero-order valence-electron chi connectivity index (χ0n) is 12.6. The van der Waals surface area contributed by atoms with Crippen LogP contribution in [0.1, 0.15) is 22.8 Å². The zero-order chi connectivity index (χ0) is 17.0. The molecule has 0 fully saturated rings. The first-order valence-electron chi connectivity index (χ1n) is 6.87. The van der Waals surface area contributed by atoms with E-state index in [1.54, 1.807) is 25.1 Å². The molecule has 0 atom stereocenters. The number of benzene rings is 2. The van der Waals surface area contributed by atoms with Gasteiger partial charge in [0.05, 0.1) is 17.2 Å². The van der Waals surface area contributed by atoms with E-state index in [0.717, 1.165) is 17.7 Å². The second kappa shape index (κ2) is 7.24. The van der Waals surface area contributed by atoms with Crippen LogP contribution >= 0.6 is 11.6 Å². The molecule has 2 rings (SSSR count). The maximum atomic E-state index is 13.9. The molecule has 0 saturated heterocycles. The van der Waals surface area contributed by atoms with Gasteiger partial charge in [0.1, 0.15) is 17.3 Å². The van der Waals surface area contributed by atoms with Crippen LogP contribution in [-0.4, -0.2) is 18.4 Å². The van der Waals surface area contributed by atoms with Crippen LogP contribution in [0.15, 0.2) is 36.4 Å². The van der Waals surface area contributed by atoms with Gasteiger partial charge in [-0.1, -0.05) is 23.7 Å². The Kier molecular flexibility index (Phi) is 5.34. The third-order valence-electron chi connectivity index (χ3n) is 2.94. The molecule has 6 heteroatoms. The molecule has 120 valence electrons. The number of ether oxygens (including phenoxy) is 2. The van der Waals surface area contributed by atoms with Gasteiger partial charge in [-0.3, -0.25) is 4.79 Å². The first-order chi connectivity index (χ1) is 10.9. The fourth-order valence-corrected chi connectivity index (χ4v) is 2.08. The number of Topliss-reactive ketones (excluding diaryl/α,β-unsaturated/α-hetero) is 1. The van der Waals surface area contributed by atoms with Gasteiger partial charge in [0.15, 0.2) is 0 Å². The van der Waals surface area contributed by atoms with Crippen LogP contribution in [-0.2, 0) is 9.53 Å². The highest BCUT2D eigenvalue weighted by atomic mass is 35.5. The summed E-state index contributed by atoms with van der Waals surface area (Å²) in [6, 6.07) is 9.14. The summed E-state index contributed by atoms with van der Waals surface area (Å²) < 4.78 is 24.1. The standard InChI is InChI=1S/C17H14ClFO4/c1-3-22-17(21)16(20)12-8-15(13(18)9-14(12)19)23-11-6-4-5-10(2)7-11/h4-9H,3H2,1-2H3.